The Balaban J connectivity index is 0.00000450. The Morgan fingerprint density at radius 3 is 2.73 bits per heavy atom. The van der Waals surface area contributed by atoms with Gasteiger partial charge in [-0.15, -0.1) is 24.0 Å². The van der Waals surface area contributed by atoms with Crippen molar-refractivity contribution >= 4 is 29.9 Å². The highest BCUT2D eigenvalue weighted by Crippen LogP contribution is 2.16. The van der Waals surface area contributed by atoms with Crippen molar-refractivity contribution in [1.29, 1.82) is 0 Å². The average molecular weight is 528 g/mol. The van der Waals surface area contributed by atoms with E-state index >= 15 is 0 Å². The van der Waals surface area contributed by atoms with Crippen molar-refractivity contribution in [1.82, 2.24) is 15.6 Å². The van der Waals surface area contributed by atoms with Gasteiger partial charge in [0.1, 0.15) is 18.5 Å². The highest BCUT2D eigenvalue weighted by atomic mass is 127. The molecule has 0 bridgehead atoms. The number of methoxy groups -OCH3 is 1. The van der Waals surface area contributed by atoms with Crippen molar-refractivity contribution in [3.05, 3.63) is 53.7 Å². The fraction of sp³-hybridized carbons (Fsp3) is 0.455. The zero-order valence-electron chi connectivity index (χ0n) is 18.2. The summed E-state index contributed by atoms with van der Waals surface area (Å²) in [6, 6.07) is 11.9. The van der Waals surface area contributed by atoms with Crippen LogP contribution in [0, 0.1) is 6.92 Å². The highest BCUT2D eigenvalue weighted by molar-refractivity contribution is 14.0. The van der Waals surface area contributed by atoms with Gasteiger partial charge in [0.2, 0.25) is 5.88 Å². The van der Waals surface area contributed by atoms with Crippen molar-refractivity contribution in [2.45, 2.75) is 33.4 Å². The van der Waals surface area contributed by atoms with Crippen molar-refractivity contribution in [3.8, 4) is 11.6 Å². The van der Waals surface area contributed by atoms with Crippen molar-refractivity contribution in [3.63, 3.8) is 0 Å². The van der Waals surface area contributed by atoms with Gasteiger partial charge >= 0.3 is 0 Å². The Labute approximate surface area is 196 Å². The first-order valence-electron chi connectivity index (χ1n) is 9.93. The fourth-order valence-corrected chi connectivity index (χ4v) is 2.61. The van der Waals surface area contributed by atoms with E-state index < -0.39 is 0 Å². The number of guanidine groups is 1. The third-order valence-corrected chi connectivity index (χ3v) is 4.01. The minimum Gasteiger partial charge on any atom is -0.489 e. The molecule has 166 valence electrons. The monoisotopic (exact) mass is 528 g/mol. The van der Waals surface area contributed by atoms with E-state index in [1.807, 2.05) is 44.2 Å². The van der Waals surface area contributed by atoms with Gasteiger partial charge in [-0.2, -0.15) is 0 Å². The SMILES string of the molecule is CCNC(=NCc1cccnc1OCCOC)NCC(C)Oc1cccc(C)c1.I. The second-order valence-electron chi connectivity index (χ2n) is 6.63. The fourth-order valence-electron chi connectivity index (χ4n) is 2.61. The number of ether oxygens (including phenoxy) is 3. The van der Waals surface area contributed by atoms with Gasteiger partial charge in [-0.1, -0.05) is 18.2 Å². The number of aromatic nitrogens is 1. The number of pyridine rings is 1. The Morgan fingerprint density at radius 2 is 2.00 bits per heavy atom. The van der Waals surface area contributed by atoms with Crippen molar-refractivity contribution in [2.75, 3.05) is 33.4 Å². The first kappa shape index (κ1) is 26.0. The lowest BCUT2D eigenvalue weighted by Crippen LogP contribution is -2.41. The van der Waals surface area contributed by atoms with Gasteiger partial charge in [-0.05, 0) is 44.5 Å². The molecule has 0 amide bonds. The molecule has 0 aliphatic heterocycles. The maximum Gasteiger partial charge on any atom is 0.218 e. The number of halogens is 1. The number of hydrogen-bond donors (Lipinski definition) is 2. The van der Waals surface area contributed by atoms with Crippen LogP contribution >= 0.6 is 24.0 Å². The molecule has 0 radical (unpaired) electrons. The second-order valence-corrected chi connectivity index (χ2v) is 6.63. The molecule has 0 saturated carbocycles. The first-order chi connectivity index (χ1) is 14.1. The van der Waals surface area contributed by atoms with Crippen LogP contribution in [0.1, 0.15) is 25.0 Å². The van der Waals surface area contributed by atoms with Crippen LogP contribution in [0.3, 0.4) is 0 Å². The Bertz CT molecular complexity index is 774. The number of rotatable bonds is 11. The number of nitrogens with zero attached hydrogens (tertiary/aromatic N) is 2. The summed E-state index contributed by atoms with van der Waals surface area (Å²) in [5.41, 5.74) is 2.10. The number of aryl methyl sites for hydroxylation is 1. The second kappa shape index (κ2) is 14.8. The highest BCUT2D eigenvalue weighted by Gasteiger charge is 2.08. The third-order valence-electron chi connectivity index (χ3n) is 4.01. The minimum absolute atomic E-state index is 0. The normalized spacial score (nSPS) is 11.9. The predicted octanol–water partition coefficient (Wildman–Crippen LogP) is 3.56. The summed E-state index contributed by atoms with van der Waals surface area (Å²) in [5, 5.41) is 6.59. The van der Waals surface area contributed by atoms with Crippen molar-refractivity contribution in [2.24, 2.45) is 4.99 Å². The summed E-state index contributed by atoms with van der Waals surface area (Å²) in [7, 11) is 1.64. The summed E-state index contributed by atoms with van der Waals surface area (Å²) in [6.07, 6.45) is 1.70. The van der Waals surface area contributed by atoms with E-state index in [1.165, 1.54) is 5.56 Å². The van der Waals surface area contributed by atoms with E-state index in [-0.39, 0.29) is 30.1 Å². The van der Waals surface area contributed by atoms with Crippen LogP contribution in [0.15, 0.2) is 47.6 Å². The first-order valence-corrected chi connectivity index (χ1v) is 9.93. The molecule has 30 heavy (non-hydrogen) atoms. The van der Waals surface area contributed by atoms with E-state index in [2.05, 4.69) is 33.6 Å². The van der Waals surface area contributed by atoms with E-state index in [9.17, 15) is 0 Å². The standard InChI is InChI=1S/C22H32N4O3.HI/c1-5-23-22(25-15-18(3)29-20-10-6-8-17(2)14-20)26-16-19-9-7-11-24-21(19)28-13-12-27-4;/h6-11,14,18H,5,12-13,15-16H2,1-4H3,(H2,23,25,26);1H. The van der Waals surface area contributed by atoms with E-state index in [4.69, 9.17) is 14.2 Å². The summed E-state index contributed by atoms with van der Waals surface area (Å²) < 4.78 is 16.7. The van der Waals surface area contributed by atoms with Crippen LogP contribution in [-0.4, -0.2) is 50.5 Å². The summed E-state index contributed by atoms with van der Waals surface area (Å²) in [5.74, 6) is 2.17. The number of aliphatic imine (C=N–C) groups is 1. The van der Waals surface area contributed by atoms with Crippen LogP contribution in [0.25, 0.3) is 0 Å². The molecule has 0 aliphatic carbocycles. The Kier molecular flexibility index (Phi) is 12.8. The Morgan fingerprint density at radius 1 is 1.17 bits per heavy atom. The summed E-state index contributed by atoms with van der Waals surface area (Å²) in [6.45, 7) is 8.94. The van der Waals surface area contributed by atoms with Gasteiger partial charge in [0.25, 0.3) is 0 Å². The topological polar surface area (TPSA) is 77.0 Å². The maximum absolute atomic E-state index is 5.97. The van der Waals surface area contributed by atoms with Gasteiger partial charge in [0, 0.05) is 25.4 Å². The third kappa shape index (κ3) is 9.62. The molecule has 2 aromatic rings. The molecule has 2 rings (SSSR count). The molecule has 1 aromatic carbocycles. The van der Waals surface area contributed by atoms with E-state index in [0.29, 0.717) is 32.2 Å². The zero-order valence-corrected chi connectivity index (χ0v) is 20.5. The molecular weight excluding hydrogens is 495 g/mol. The van der Waals surface area contributed by atoms with Gasteiger partial charge in [0.15, 0.2) is 5.96 Å². The quantitative estimate of drug-likeness (QED) is 0.201. The molecule has 1 aromatic heterocycles. The van der Waals surface area contributed by atoms with E-state index in [1.54, 1.807) is 13.3 Å². The molecule has 0 spiro atoms. The predicted molar refractivity (Wildman–Crippen MR) is 131 cm³/mol. The van der Waals surface area contributed by atoms with Gasteiger partial charge in [0.05, 0.1) is 19.7 Å². The largest absolute Gasteiger partial charge is 0.489 e. The summed E-state index contributed by atoms with van der Waals surface area (Å²) in [4.78, 5) is 8.95. The molecule has 1 unspecified atom stereocenters. The lowest BCUT2D eigenvalue weighted by Gasteiger charge is -2.18. The molecule has 1 heterocycles. The molecule has 2 N–H and O–H groups in total. The summed E-state index contributed by atoms with van der Waals surface area (Å²) >= 11 is 0. The van der Waals surface area contributed by atoms with Crippen LogP contribution in [0.5, 0.6) is 11.6 Å². The molecule has 8 heteroatoms. The molecule has 0 saturated heterocycles. The molecule has 7 nitrogen and oxygen atoms in total. The van der Waals surface area contributed by atoms with Gasteiger partial charge < -0.3 is 24.8 Å². The molecule has 0 aliphatic rings. The van der Waals surface area contributed by atoms with Crippen LogP contribution in [0.4, 0.5) is 0 Å². The van der Waals surface area contributed by atoms with Crippen LogP contribution in [-0.2, 0) is 11.3 Å². The van der Waals surface area contributed by atoms with Crippen LogP contribution < -0.4 is 20.1 Å². The van der Waals surface area contributed by atoms with Crippen LogP contribution in [0.2, 0.25) is 0 Å². The number of hydrogen-bond acceptors (Lipinski definition) is 5. The van der Waals surface area contributed by atoms with Crippen molar-refractivity contribution < 1.29 is 14.2 Å². The molecule has 0 fully saturated rings. The Hall–Kier alpha value is -2.07. The maximum atomic E-state index is 5.97. The smallest absolute Gasteiger partial charge is 0.218 e. The van der Waals surface area contributed by atoms with E-state index in [0.717, 1.165) is 23.8 Å². The number of benzene rings is 1. The minimum atomic E-state index is -0.00742. The average Bonchev–Trinajstić information content (AvgIpc) is 2.71. The number of nitrogens with one attached hydrogen (secondary N) is 2. The zero-order chi connectivity index (χ0) is 20.9. The molecular formula is C22H33IN4O3. The van der Waals surface area contributed by atoms with Gasteiger partial charge in [-0.3, -0.25) is 0 Å². The van der Waals surface area contributed by atoms with Gasteiger partial charge in [-0.25, -0.2) is 9.98 Å². The molecule has 1 atom stereocenters. The lowest BCUT2D eigenvalue weighted by atomic mass is 10.2. The lowest BCUT2D eigenvalue weighted by molar-refractivity contribution is 0.143.